The lowest BCUT2D eigenvalue weighted by Gasteiger charge is -2.10. The Balaban J connectivity index is 1.97. The molecular weight excluding hydrogens is 358 g/mol. The minimum atomic E-state index is -0.393. The van der Waals surface area contributed by atoms with Crippen LogP contribution in [-0.2, 0) is 4.79 Å². The number of aromatic nitrogens is 4. The van der Waals surface area contributed by atoms with Crippen molar-refractivity contribution in [3.8, 4) is 17.3 Å². The molecule has 140 valence electrons. The number of nitrogens with one attached hydrogen (secondary N) is 5. The topological polar surface area (TPSA) is 155 Å². The van der Waals surface area contributed by atoms with Gasteiger partial charge in [-0.1, -0.05) is 0 Å². The Labute approximate surface area is 160 Å². The fraction of sp³-hybridized carbons (Fsp3) is 0.111. The minimum Gasteiger partial charge on any atom is -0.392 e. The van der Waals surface area contributed by atoms with E-state index in [1.54, 1.807) is 37.8 Å². The van der Waals surface area contributed by atoms with Gasteiger partial charge in [-0.05, 0) is 18.2 Å². The fourth-order valence-corrected chi connectivity index (χ4v) is 2.60. The number of fused-ring (bicyclic) bond motifs is 1. The molecule has 0 aliphatic carbocycles. The van der Waals surface area contributed by atoms with Gasteiger partial charge in [0.15, 0.2) is 0 Å². The van der Waals surface area contributed by atoms with Crippen LogP contribution in [0.2, 0.25) is 0 Å². The van der Waals surface area contributed by atoms with Gasteiger partial charge < -0.3 is 21.4 Å². The highest BCUT2D eigenvalue weighted by Gasteiger charge is 2.13. The molecule has 2 heterocycles. The summed E-state index contributed by atoms with van der Waals surface area (Å²) in [5.41, 5.74) is 3.11. The molecule has 28 heavy (non-hydrogen) atoms. The molecule has 0 aliphatic heterocycles. The largest absolute Gasteiger partial charge is 0.392 e. The standard InChI is InChI=1S/C18H17N9O/c1-21-9-11(8-20)24-18-22-7-5-14(26-18)12-2-3-15(25-16(28)4-6-19)17-13(12)10-23-27-17/h2-3,5,7-10,20-21H,4H2,1H3,(H,23,27)(H,25,28)(H,22,24,26)/b11-9+,20-8?. The Morgan fingerprint density at radius 3 is 2.96 bits per heavy atom. The lowest BCUT2D eigenvalue weighted by Crippen LogP contribution is -2.10. The van der Waals surface area contributed by atoms with Crippen molar-refractivity contribution < 1.29 is 4.79 Å². The molecule has 0 unspecified atom stereocenters. The number of allylic oxidation sites excluding steroid dienone is 1. The summed E-state index contributed by atoms with van der Waals surface area (Å²) < 4.78 is 0. The maximum Gasteiger partial charge on any atom is 0.238 e. The van der Waals surface area contributed by atoms with E-state index in [0.717, 1.165) is 17.2 Å². The van der Waals surface area contributed by atoms with Gasteiger partial charge in [0, 0.05) is 36.6 Å². The van der Waals surface area contributed by atoms with Crippen molar-refractivity contribution in [1.82, 2.24) is 25.5 Å². The average Bonchev–Trinajstić information content (AvgIpc) is 3.18. The molecule has 3 rings (SSSR count). The molecule has 0 aliphatic rings. The molecule has 5 N–H and O–H groups in total. The number of hydrogen-bond donors (Lipinski definition) is 5. The van der Waals surface area contributed by atoms with Gasteiger partial charge in [0.2, 0.25) is 11.9 Å². The van der Waals surface area contributed by atoms with Crippen molar-refractivity contribution in [1.29, 1.82) is 10.7 Å². The maximum atomic E-state index is 11.7. The first-order valence-electron chi connectivity index (χ1n) is 8.27. The zero-order chi connectivity index (χ0) is 19.9. The Morgan fingerprint density at radius 2 is 2.21 bits per heavy atom. The van der Waals surface area contributed by atoms with Gasteiger partial charge >= 0.3 is 0 Å². The van der Waals surface area contributed by atoms with E-state index < -0.39 is 5.91 Å². The number of nitriles is 1. The molecule has 0 fully saturated rings. The smallest absolute Gasteiger partial charge is 0.238 e. The van der Waals surface area contributed by atoms with Crippen LogP contribution >= 0.6 is 0 Å². The number of anilines is 2. The third-order valence-electron chi connectivity index (χ3n) is 3.77. The van der Waals surface area contributed by atoms with Crippen LogP contribution in [0.25, 0.3) is 22.2 Å². The van der Waals surface area contributed by atoms with Gasteiger partial charge in [-0.25, -0.2) is 9.97 Å². The summed E-state index contributed by atoms with van der Waals surface area (Å²) in [6.45, 7) is 0. The second-order valence-corrected chi connectivity index (χ2v) is 5.63. The fourth-order valence-electron chi connectivity index (χ4n) is 2.60. The summed E-state index contributed by atoms with van der Waals surface area (Å²) in [5.74, 6) is -0.0549. The summed E-state index contributed by atoms with van der Waals surface area (Å²) in [5, 5.41) is 32.2. The first kappa shape index (κ1) is 18.5. The van der Waals surface area contributed by atoms with E-state index in [9.17, 15) is 4.79 Å². The molecule has 0 saturated carbocycles. The summed E-state index contributed by atoms with van der Waals surface area (Å²) in [6, 6.07) is 7.11. The number of carbonyl (C=O) groups is 1. The van der Waals surface area contributed by atoms with E-state index in [0.29, 0.717) is 28.5 Å². The molecule has 1 aromatic carbocycles. The summed E-state index contributed by atoms with van der Waals surface area (Å²) in [7, 11) is 1.73. The number of carbonyl (C=O) groups excluding carboxylic acids is 1. The van der Waals surface area contributed by atoms with Gasteiger partial charge in [0.1, 0.15) is 6.42 Å². The third kappa shape index (κ3) is 3.94. The Hall–Kier alpha value is -4.26. The van der Waals surface area contributed by atoms with Crippen LogP contribution in [0.1, 0.15) is 6.42 Å². The van der Waals surface area contributed by atoms with Gasteiger partial charge in [0.25, 0.3) is 0 Å². The second-order valence-electron chi connectivity index (χ2n) is 5.63. The second kappa shape index (κ2) is 8.41. The predicted molar refractivity (Wildman–Crippen MR) is 106 cm³/mol. The van der Waals surface area contributed by atoms with Crippen LogP contribution in [-0.4, -0.2) is 39.3 Å². The van der Waals surface area contributed by atoms with Crippen LogP contribution in [0.5, 0.6) is 0 Å². The van der Waals surface area contributed by atoms with E-state index >= 15 is 0 Å². The molecule has 10 nitrogen and oxygen atoms in total. The number of nitrogens with zero attached hydrogens (tertiary/aromatic N) is 4. The lowest BCUT2D eigenvalue weighted by molar-refractivity contribution is -0.115. The molecule has 0 saturated heterocycles. The number of benzene rings is 1. The molecule has 0 bridgehead atoms. The van der Waals surface area contributed by atoms with Gasteiger partial charge in [-0.2, -0.15) is 10.4 Å². The van der Waals surface area contributed by atoms with Crippen molar-refractivity contribution >= 4 is 34.7 Å². The SMILES string of the molecule is CN/C=C(\C=N)Nc1nccc(-c2ccc(NC(=O)CC#N)c3[nH]ncc23)n1. The van der Waals surface area contributed by atoms with Crippen molar-refractivity contribution in [2.24, 2.45) is 0 Å². The zero-order valence-electron chi connectivity index (χ0n) is 14.9. The summed E-state index contributed by atoms with van der Waals surface area (Å²) in [4.78, 5) is 20.4. The van der Waals surface area contributed by atoms with E-state index in [-0.39, 0.29) is 6.42 Å². The highest BCUT2D eigenvalue weighted by molar-refractivity contribution is 6.05. The Morgan fingerprint density at radius 1 is 1.36 bits per heavy atom. The van der Waals surface area contributed by atoms with Gasteiger partial charge in [-0.3, -0.25) is 9.89 Å². The third-order valence-corrected chi connectivity index (χ3v) is 3.77. The van der Waals surface area contributed by atoms with Crippen molar-refractivity contribution in [3.05, 3.63) is 42.5 Å². The molecule has 0 radical (unpaired) electrons. The first-order chi connectivity index (χ1) is 13.7. The summed E-state index contributed by atoms with van der Waals surface area (Å²) in [6.07, 6.45) is 5.80. The van der Waals surface area contributed by atoms with Crippen LogP contribution in [0.15, 0.2) is 42.5 Å². The van der Waals surface area contributed by atoms with E-state index in [1.807, 2.05) is 12.1 Å². The quantitative estimate of drug-likeness (QED) is 0.395. The number of hydrogen-bond acceptors (Lipinski definition) is 8. The zero-order valence-corrected chi connectivity index (χ0v) is 14.9. The van der Waals surface area contributed by atoms with E-state index in [4.69, 9.17) is 10.7 Å². The number of amides is 1. The monoisotopic (exact) mass is 375 g/mol. The molecule has 1 amide bonds. The van der Waals surface area contributed by atoms with E-state index in [1.165, 1.54) is 0 Å². The van der Waals surface area contributed by atoms with Crippen molar-refractivity contribution in [2.45, 2.75) is 6.42 Å². The average molecular weight is 375 g/mol. The van der Waals surface area contributed by atoms with Crippen LogP contribution < -0.4 is 16.0 Å². The molecule has 10 heteroatoms. The number of H-pyrrole nitrogens is 1. The lowest BCUT2D eigenvalue weighted by atomic mass is 10.1. The summed E-state index contributed by atoms with van der Waals surface area (Å²) >= 11 is 0. The molecule has 0 atom stereocenters. The minimum absolute atomic E-state index is 0.228. The van der Waals surface area contributed by atoms with Crippen LogP contribution in [0.4, 0.5) is 11.6 Å². The van der Waals surface area contributed by atoms with Crippen LogP contribution in [0, 0.1) is 16.7 Å². The Kier molecular flexibility index (Phi) is 5.57. The Bertz CT molecular complexity index is 1090. The first-order valence-corrected chi connectivity index (χ1v) is 8.27. The normalized spacial score (nSPS) is 10.9. The molecule has 2 aromatic heterocycles. The van der Waals surface area contributed by atoms with Crippen molar-refractivity contribution in [3.63, 3.8) is 0 Å². The van der Waals surface area contributed by atoms with Crippen LogP contribution in [0.3, 0.4) is 0 Å². The molecule has 3 aromatic rings. The highest BCUT2D eigenvalue weighted by Crippen LogP contribution is 2.31. The predicted octanol–water partition coefficient (Wildman–Crippen LogP) is 1.99. The number of rotatable bonds is 7. The van der Waals surface area contributed by atoms with E-state index in [2.05, 4.69) is 36.1 Å². The highest BCUT2D eigenvalue weighted by atomic mass is 16.1. The molecule has 0 spiro atoms. The van der Waals surface area contributed by atoms with Gasteiger partial charge in [0.05, 0.1) is 34.9 Å². The maximum absolute atomic E-state index is 11.7. The van der Waals surface area contributed by atoms with Gasteiger partial charge in [-0.15, -0.1) is 0 Å². The van der Waals surface area contributed by atoms with Crippen molar-refractivity contribution in [2.75, 3.05) is 17.7 Å². The number of aromatic amines is 1. The molecular formula is C18H17N9O.